The van der Waals surface area contributed by atoms with Crippen LogP contribution in [0.5, 0.6) is 0 Å². The number of halogens is 1. The van der Waals surface area contributed by atoms with Gasteiger partial charge in [0.15, 0.2) is 0 Å². The van der Waals surface area contributed by atoms with E-state index in [0.29, 0.717) is 11.6 Å². The molecule has 2 atom stereocenters. The molecule has 0 amide bonds. The molecule has 0 bridgehead atoms. The van der Waals surface area contributed by atoms with Crippen molar-refractivity contribution in [3.8, 4) is 0 Å². The minimum atomic E-state index is -1.12. The molecule has 0 saturated heterocycles. The number of rotatable bonds is 4. The molecule has 2 rings (SSSR count). The molecule has 1 aromatic heterocycles. The normalized spacial score (nSPS) is 16.2. The van der Waals surface area contributed by atoms with Crippen molar-refractivity contribution in [1.82, 2.24) is 14.8 Å². The van der Waals surface area contributed by atoms with Gasteiger partial charge in [0.2, 0.25) is 0 Å². The molecule has 1 unspecified atom stereocenters. The Morgan fingerprint density at radius 2 is 2.11 bits per heavy atom. The lowest BCUT2D eigenvalue weighted by Crippen LogP contribution is -2.39. The summed E-state index contributed by atoms with van der Waals surface area (Å²) in [7, 11) is 0. The molecule has 18 heavy (non-hydrogen) atoms. The SMILES string of the molecule is C[C@@H](S)C(O)(Cn1cncn1)c1ccc(Cl)cc1. The quantitative estimate of drug-likeness (QED) is 0.845. The Balaban J connectivity index is 2.34. The average molecular weight is 284 g/mol. The molecule has 0 spiro atoms. The van der Waals surface area contributed by atoms with Crippen LogP contribution in [0.25, 0.3) is 0 Å². The van der Waals surface area contributed by atoms with E-state index in [1.165, 1.54) is 6.33 Å². The van der Waals surface area contributed by atoms with E-state index in [9.17, 15) is 5.11 Å². The van der Waals surface area contributed by atoms with Crippen LogP contribution >= 0.6 is 24.2 Å². The zero-order valence-electron chi connectivity index (χ0n) is 9.86. The van der Waals surface area contributed by atoms with E-state index >= 15 is 0 Å². The van der Waals surface area contributed by atoms with Crippen LogP contribution in [0, 0.1) is 0 Å². The number of aromatic nitrogens is 3. The van der Waals surface area contributed by atoms with E-state index in [4.69, 9.17) is 11.6 Å². The van der Waals surface area contributed by atoms with E-state index in [1.807, 2.05) is 6.92 Å². The molecule has 1 aromatic carbocycles. The standard InChI is InChI=1S/C12H14ClN3OS/c1-9(18)12(17,6-16-8-14-7-15-16)10-2-4-11(13)5-3-10/h2-5,7-9,17-18H,6H2,1H3/t9-,12?/m1/s1. The molecule has 1 heterocycles. The van der Waals surface area contributed by atoms with E-state index < -0.39 is 5.60 Å². The van der Waals surface area contributed by atoms with Crippen LogP contribution in [0.1, 0.15) is 12.5 Å². The molecule has 0 saturated carbocycles. The lowest BCUT2D eigenvalue weighted by molar-refractivity contribution is 0.0172. The van der Waals surface area contributed by atoms with Crippen molar-refractivity contribution in [2.24, 2.45) is 0 Å². The van der Waals surface area contributed by atoms with Gasteiger partial charge in [-0.05, 0) is 17.7 Å². The predicted molar refractivity (Wildman–Crippen MR) is 73.8 cm³/mol. The van der Waals surface area contributed by atoms with Gasteiger partial charge in [-0.25, -0.2) is 9.67 Å². The molecule has 0 aliphatic carbocycles. The van der Waals surface area contributed by atoms with Gasteiger partial charge in [-0.2, -0.15) is 17.7 Å². The summed E-state index contributed by atoms with van der Waals surface area (Å²) in [4.78, 5) is 3.87. The van der Waals surface area contributed by atoms with Crippen LogP contribution in [-0.4, -0.2) is 25.1 Å². The second kappa shape index (κ2) is 5.30. The third-order valence-electron chi connectivity index (χ3n) is 2.90. The number of nitrogens with zero attached hydrogens (tertiary/aromatic N) is 3. The van der Waals surface area contributed by atoms with E-state index in [0.717, 1.165) is 5.56 Å². The molecule has 4 nitrogen and oxygen atoms in total. The Morgan fingerprint density at radius 1 is 1.44 bits per heavy atom. The zero-order chi connectivity index (χ0) is 13.2. The van der Waals surface area contributed by atoms with Crippen LogP contribution in [0.15, 0.2) is 36.9 Å². The van der Waals surface area contributed by atoms with Crippen molar-refractivity contribution in [2.45, 2.75) is 24.3 Å². The van der Waals surface area contributed by atoms with Crippen molar-refractivity contribution in [1.29, 1.82) is 0 Å². The van der Waals surface area contributed by atoms with Crippen LogP contribution in [-0.2, 0) is 12.1 Å². The molecule has 0 aliphatic heterocycles. The maximum absolute atomic E-state index is 10.8. The molecule has 6 heteroatoms. The fraction of sp³-hybridized carbons (Fsp3) is 0.333. The first-order chi connectivity index (χ1) is 8.52. The summed E-state index contributed by atoms with van der Waals surface area (Å²) < 4.78 is 1.58. The Bertz CT molecular complexity index is 501. The number of hydrogen-bond donors (Lipinski definition) is 2. The van der Waals surface area contributed by atoms with Gasteiger partial charge in [0.1, 0.15) is 18.3 Å². The Morgan fingerprint density at radius 3 is 2.61 bits per heavy atom. The monoisotopic (exact) mass is 283 g/mol. The lowest BCUT2D eigenvalue weighted by Gasteiger charge is -2.31. The second-order valence-corrected chi connectivity index (χ2v) is 5.41. The largest absolute Gasteiger partial charge is 0.382 e. The van der Waals surface area contributed by atoms with Gasteiger partial charge >= 0.3 is 0 Å². The average Bonchev–Trinajstić information content (AvgIpc) is 2.82. The smallest absolute Gasteiger partial charge is 0.137 e. The van der Waals surface area contributed by atoms with Crippen molar-refractivity contribution in [2.75, 3.05) is 0 Å². The van der Waals surface area contributed by atoms with Gasteiger partial charge in [0.25, 0.3) is 0 Å². The molecule has 1 N–H and O–H groups in total. The van der Waals surface area contributed by atoms with Crippen molar-refractivity contribution >= 4 is 24.2 Å². The van der Waals surface area contributed by atoms with Gasteiger partial charge in [-0.15, -0.1) is 0 Å². The molecule has 96 valence electrons. The van der Waals surface area contributed by atoms with E-state index in [1.54, 1.807) is 35.3 Å². The number of hydrogen-bond acceptors (Lipinski definition) is 4. The maximum Gasteiger partial charge on any atom is 0.137 e. The van der Waals surface area contributed by atoms with Crippen LogP contribution in [0.4, 0.5) is 0 Å². The van der Waals surface area contributed by atoms with Crippen molar-refractivity contribution in [3.05, 3.63) is 47.5 Å². The Labute approximate surface area is 116 Å². The number of thiol groups is 1. The third kappa shape index (κ3) is 2.68. The summed E-state index contributed by atoms with van der Waals surface area (Å²) in [5, 5.41) is 15.2. The Hall–Kier alpha value is -1.04. The van der Waals surface area contributed by atoms with Crippen molar-refractivity contribution < 1.29 is 5.11 Å². The highest BCUT2D eigenvalue weighted by Crippen LogP contribution is 2.30. The van der Waals surface area contributed by atoms with Crippen molar-refractivity contribution in [3.63, 3.8) is 0 Å². The van der Waals surface area contributed by atoms with Gasteiger partial charge in [-0.3, -0.25) is 0 Å². The van der Waals surface area contributed by atoms with E-state index in [2.05, 4.69) is 22.7 Å². The van der Waals surface area contributed by atoms with Crippen LogP contribution in [0.2, 0.25) is 5.02 Å². The van der Waals surface area contributed by atoms with Gasteiger partial charge in [-0.1, -0.05) is 30.7 Å². The summed E-state index contributed by atoms with van der Waals surface area (Å²) in [6.45, 7) is 2.13. The molecular weight excluding hydrogens is 270 g/mol. The zero-order valence-corrected chi connectivity index (χ0v) is 11.5. The summed E-state index contributed by atoms with van der Waals surface area (Å²) in [5.41, 5.74) is -0.369. The topological polar surface area (TPSA) is 50.9 Å². The molecule has 2 aromatic rings. The van der Waals surface area contributed by atoms with E-state index in [-0.39, 0.29) is 5.25 Å². The third-order valence-corrected chi connectivity index (χ3v) is 3.58. The highest BCUT2D eigenvalue weighted by atomic mass is 35.5. The van der Waals surface area contributed by atoms with Gasteiger partial charge in [0.05, 0.1) is 6.54 Å². The fourth-order valence-electron chi connectivity index (χ4n) is 1.76. The number of aliphatic hydroxyl groups is 1. The first kappa shape index (κ1) is 13.4. The summed E-state index contributed by atoms with van der Waals surface area (Å²) in [6.07, 6.45) is 3.00. The maximum atomic E-state index is 10.8. The molecular formula is C12H14ClN3OS. The van der Waals surface area contributed by atoms with Gasteiger partial charge < -0.3 is 5.11 Å². The highest BCUT2D eigenvalue weighted by molar-refractivity contribution is 7.81. The lowest BCUT2D eigenvalue weighted by atomic mass is 9.90. The first-order valence-electron chi connectivity index (χ1n) is 5.51. The fourth-order valence-corrected chi connectivity index (χ4v) is 2.12. The summed E-state index contributed by atoms with van der Waals surface area (Å²) in [6, 6.07) is 7.09. The molecule has 0 radical (unpaired) electrons. The summed E-state index contributed by atoms with van der Waals surface area (Å²) in [5.74, 6) is 0. The minimum Gasteiger partial charge on any atom is -0.382 e. The van der Waals surface area contributed by atoms with Crippen LogP contribution < -0.4 is 0 Å². The first-order valence-corrected chi connectivity index (χ1v) is 6.41. The van der Waals surface area contributed by atoms with Gasteiger partial charge in [0, 0.05) is 10.3 Å². The second-order valence-electron chi connectivity index (χ2n) is 4.20. The minimum absolute atomic E-state index is 0.261. The Kier molecular flexibility index (Phi) is 3.94. The molecule has 0 aliphatic rings. The summed E-state index contributed by atoms with van der Waals surface area (Å²) >= 11 is 10.2. The highest BCUT2D eigenvalue weighted by Gasteiger charge is 2.34. The number of benzene rings is 1. The van der Waals surface area contributed by atoms with Crippen LogP contribution in [0.3, 0.4) is 0 Å². The predicted octanol–water partition coefficient (Wildman–Crippen LogP) is 2.14. The molecule has 0 fully saturated rings.